The van der Waals surface area contributed by atoms with Gasteiger partial charge in [0.05, 0.1) is 0 Å². The van der Waals surface area contributed by atoms with E-state index in [0.29, 0.717) is 18.3 Å². The average Bonchev–Trinajstić information content (AvgIpc) is 3.09. The molecular formula is C14H16N4O3. The van der Waals surface area contributed by atoms with Gasteiger partial charge < -0.3 is 14.0 Å². The van der Waals surface area contributed by atoms with Crippen molar-refractivity contribution < 1.29 is 9.32 Å². The van der Waals surface area contributed by atoms with Crippen LogP contribution < -0.4 is 5.56 Å². The van der Waals surface area contributed by atoms with Gasteiger partial charge in [-0.15, -0.1) is 0 Å². The molecule has 3 rings (SSSR count). The summed E-state index contributed by atoms with van der Waals surface area (Å²) in [5.41, 5.74) is -0.127. The van der Waals surface area contributed by atoms with Crippen LogP contribution in [0.15, 0.2) is 27.6 Å². The third-order valence-corrected chi connectivity index (χ3v) is 3.70. The molecule has 0 N–H and O–H groups in total. The first-order chi connectivity index (χ1) is 10.1. The summed E-state index contributed by atoms with van der Waals surface area (Å²) in [4.78, 5) is 30.6. The molecule has 3 heterocycles. The molecule has 0 radical (unpaired) electrons. The van der Waals surface area contributed by atoms with Crippen molar-refractivity contribution in [1.82, 2.24) is 19.6 Å². The Hall–Kier alpha value is -2.44. The van der Waals surface area contributed by atoms with E-state index in [2.05, 4.69) is 10.1 Å². The first-order valence-corrected chi connectivity index (χ1v) is 6.85. The van der Waals surface area contributed by atoms with Gasteiger partial charge in [-0.3, -0.25) is 9.59 Å². The smallest absolute Gasteiger partial charge is 0.263 e. The first kappa shape index (κ1) is 13.5. The maximum Gasteiger partial charge on any atom is 0.263 e. The number of nitrogens with zero attached hydrogens (tertiary/aromatic N) is 4. The van der Waals surface area contributed by atoms with Crippen LogP contribution in [0.1, 0.15) is 41.0 Å². The van der Waals surface area contributed by atoms with E-state index in [0.717, 1.165) is 12.8 Å². The minimum Gasteiger partial charge on any atom is -0.337 e. The highest BCUT2D eigenvalue weighted by Gasteiger charge is 2.35. The minimum absolute atomic E-state index is 0.170. The third-order valence-electron chi connectivity index (χ3n) is 3.70. The Morgan fingerprint density at radius 2 is 2.29 bits per heavy atom. The molecule has 1 atom stereocenters. The molecule has 2 aromatic heterocycles. The number of likely N-dealkylation sites (tertiary alicyclic amines) is 1. The van der Waals surface area contributed by atoms with Crippen molar-refractivity contribution in [2.45, 2.75) is 25.8 Å². The summed E-state index contributed by atoms with van der Waals surface area (Å²) in [5.74, 6) is 0.695. The van der Waals surface area contributed by atoms with Crippen molar-refractivity contribution in [3.8, 4) is 0 Å². The fourth-order valence-corrected chi connectivity index (χ4v) is 2.63. The lowest BCUT2D eigenvalue weighted by Gasteiger charge is -2.21. The Balaban J connectivity index is 1.93. The van der Waals surface area contributed by atoms with Gasteiger partial charge in [-0.1, -0.05) is 5.16 Å². The number of amides is 1. The lowest BCUT2D eigenvalue weighted by molar-refractivity contribution is 0.0707. The number of aryl methyl sites for hydroxylation is 2. The van der Waals surface area contributed by atoms with Crippen molar-refractivity contribution in [3.63, 3.8) is 0 Å². The topological polar surface area (TPSA) is 81.2 Å². The predicted molar refractivity (Wildman–Crippen MR) is 73.7 cm³/mol. The minimum atomic E-state index is -0.296. The summed E-state index contributed by atoms with van der Waals surface area (Å²) < 4.78 is 6.58. The third kappa shape index (κ3) is 2.35. The second kappa shape index (κ2) is 5.16. The molecule has 2 aromatic rings. The summed E-state index contributed by atoms with van der Waals surface area (Å²) in [6.07, 6.45) is 3.24. The molecule has 0 bridgehead atoms. The molecule has 1 unspecified atom stereocenters. The van der Waals surface area contributed by atoms with E-state index < -0.39 is 0 Å². The van der Waals surface area contributed by atoms with Gasteiger partial charge in [0, 0.05) is 19.8 Å². The van der Waals surface area contributed by atoms with Crippen LogP contribution in [0, 0.1) is 6.92 Å². The van der Waals surface area contributed by atoms with Gasteiger partial charge in [0.25, 0.3) is 11.5 Å². The molecule has 0 saturated carbocycles. The van der Waals surface area contributed by atoms with Crippen molar-refractivity contribution in [2.75, 3.05) is 6.54 Å². The monoisotopic (exact) mass is 288 g/mol. The van der Waals surface area contributed by atoms with Gasteiger partial charge in [0.2, 0.25) is 5.89 Å². The van der Waals surface area contributed by atoms with Crippen LogP contribution in [0.2, 0.25) is 0 Å². The van der Waals surface area contributed by atoms with E-state index in [4.69, 9.17) is 4.52 Å². The molecule has 7 nitrogen and oxygen atoms in total. The molecule has 0 aromatic carbocycles. The van der Waals surface area contributed by atoms with Gasteiger partial charge in [-0.05, 0) is 31.9 Å². The molecule has 1 amide bonds. The van der Waals surface area contributed by atoms with Crippen LogP contribution in [0.4, 0.5) is 0 Å². The van der Waals surface area contributed by atoms with Crippen molar-refractivity contribution in [2.24, 2.45) is 7.05 Å². The molecule has 0 spiro atoms. The molecule has 7 heteroatoms. The zero-order chi connectivity index (χ0) is 15.0. The van der Waals surface area contributed by atoms with Crippen LogP contribution >= 0.6 is 0 Å². The maximum absolute atomic E-state index is 12.6. The fraction of sp³-hybridized carbons (Fsp3) is 0.429. The van der Waals surface area contributed by atoms with Crippen LogP contribution in [0.25, 0.3) is 0 Å². The molecule has 1 aliphatic heterocycles. The zero-order valence-electron chi connectivity index (χ0n) is 11.9. The Morgan fingerprint density at radius 1 is 1.48 bits per heavy atom. The van der Waals surface area contributed by atoms with Crippen molar-refractivity contribution in [1.29, 1.82) is 0 Å². The summed E-state index contributed by atoms with van der Waals surface area (Å²) in [6, 6.07) is 3.00. The standard InChI is InChI=1S/C14H16N4O3/c1-9-15-12(21-16-9)11-6-4-8-18(11)14(20)10-5-3-7-17(2)13(10)19/h3,5,7,11H,4,6,8H2,1-2H3. The quantitative estimate of drug-likeness (QED) is 0.825. The van der Waals surface area contributed by atoms with E-state index in [-0.39, 0.29) is 23.1 Å². The second-order valence-electron chi connectivity index (χ2n) is 5.17. The molecule has 1 saturated heterocycles. The highest BCUT2D eigenvalue weighted by Crippen LogP contribution is 2.31. The average molecular weight is 288 g/mol. The number of pyridine rings is 1. The lowest BCUT2D eigenvalue weighted by atomic mass is 10.2. The molecule has 1 fully saturated rings. The molecular weight excluding hydrogens is 272 g/mol. The number of carbonyl (C=O) groups excluding carboxylic acids is 1. The number of aromatic nitrogens is 3. The van der Waals surface area contributed by atoms with Gasteiger partial charge in [-0.25, -0.2) is 0 Å². The lowest BCUT2D eigenvalue weighted by Crippen LogP contribution is -2.35. The Bertz CT molecular complexity index is 734. The number of carbonyl (C=O) groups is 1. The van der Waals surface area contributed by atoms with Gasteiger partial charge in [0.15, 0.2) is 5.82 Å². The van der Waals surface area contributed by atoms with Crippen molar-refractivity contribution >= 4 is 5.91 Å². The van der Waals surface area contributed by atoms with Gasteiger partial charge >= 0.3 is 0 Å². The van der Waals surface area contributed by atoms with E-state index in [1.54, 1.807) is 37.2 Å². The largest absolute Gasteiger partial charge is 0.337 e. The summed E-state index contributed by atoms with van der Waals surface area (Å²) in [7, 11) is 1.63. The van der Waals surface area contributed by atoms with Crippen LogP contribution in [0.3, 0.4) is 0 Å². The molecule has 110 valence electrons. The van der Waals surface area contributed by atoms with E-state index >= 15 is 0 Å². The predicted octanol–water partition coefficient (Wildman–Crippen LogP) is 1.05. The van der Waals surface area contributed by atoms with E-state index in [1.807, 2.05) is 0 Å². The van der Waals surface area contributed by atoms with Crippen LogP contribution in [-0.2, 0) is 7.05 Å². The fourth-order valence-electron chi connectivity index (χ4n) is 2.63. The van der Waals surface area contributed by atoms with Crippen molar-refractivity contribution in [3.05, 3.63) is 46.0 Å². The highest BCUT2D eigenvalue weighted by atomic mass is 16.5. The van der Waals surface area contributed by atoms with Crippen LogP contribution in [0.5, 0.6) is 0 Å². The molecule has 1 aliphatic rings. The Labute approximate surface area is 121 Å². The SMILES string of the molecule is Cc1noc(C2CCCN2C(=O)c2cccn(C)c2=O)n1. The Morgan fingerprint density at radius 3 is 3.00 bits per heavy atom. The molecule has 0 aliphatic carbocycles. The second-order valence-corrected chi connectivity index (χ2v) is 5.17. The first-order valence-electron chi connectivity index (χ1n) is 6.85. The van der Waals surface area contributed by atoms with Gasteiger partial charge in [0.1, 0.15) is 11.6 Å². The number of hydrogen-bond donors (Lipinski definition) is 0. The Kier molecular flexibility index (Phi) is 3.32. The summed E-state index contributed by atoms with van der Waals surface area (Å²) in [5, 5.41) is 3.77. The van der Waals surface area contributed by atoms with Gasteiger partial charge in [-0.2, -0.15) is 4.98 Å². The number of hydrogen-bond acceptors (Lipinski definition) is 5. The highest BCUT2D eigenvalue weighted by molar-refractivity contribution is 5.94. The number of rotatable bonds is 2. The normalized spacial score (nSPS) is 18.2. The summed E-state index contributed by atoms with van der Waals surface area (Å²) in [6.45, 7) is 2.32. The van der Waals surface area contributed by atoms with E-state index in [9.17, 15) is 9.59 Å². The summed E-state index contributed by atoms with van der Waals surface area (Å²) >= 11 is 0. The zero-order valence-corrected chi connectivity index (χ0v) is 11.9. The maximum atomic E-state index is 12.6. The van der Waals surface area contributed by atoms with E-state index in [1.165, 1.54) is 4.57 Å². The molecule has 21 heavy (non-hydrogen) atoms. The van der Waals surface area contributed by atoms with Crippen LogP contribution in [-0.4, -0.2) is 32.1 Å².